The third kappa shape index (κ3) is 3.90. The smallest absolute Gasteiger partial charge is 0.272 e. The van der Waals surface area contributed by atoms with Crippen LogP contribution in [0.5, 0.6) is 0 Å². The summed E-state index contributed by atoms with van der Waals surface area (Å²) in [5.41, 5.74) is 2.58. The Kier molecular flexibility index (Phi) is 5.97. The molecule has 0 bridgehead atoms. The summed E-state index contributed by atoms with van der Waals surface area (Å²) in [4.78, 5) is 15.0. The molecule has 1 unspecified atom stereocenters. The Morgan fingerprint density at radius 1 is 1.07 bits per heavy atom. The fraction of sp³-hybridized carbons (Fsp3) is 0.545. The molecule has 0 N–H and O–H groups in total. The Hall–Kier alpha value is -2.19. The minimum Gasteiger partial charge on any atom is -0.338 e. The van der Waals surface area contributed by atoms with E-state index in [2.05, 4.69) is 6.92 Å². The molecule has 1 saturated heterocycles. The molecule has 3 heterocycles. The van der Waals surface area contributed by atoms with Crippen molar-refractivity contribution in [1.29, 1.82) is 0 Å². The van der Waals surface area contributed by atoms with Gasteiger partial charge in [0.2, 0.25) is 10.0 Å². The Bertz CT molecular complexity index is 1010. The summed E-state index contributed by atoms with van der Waals surface area (Å²) in [7, 11) is -3.54. The molecule has 0 saturated carbocycles. The zero-order valence-corrected chi connectivity index (χ0v) is 18.6. The molecule has 30 heavy (non-hydrogen) atoms. The summed E-state index contributed by atoms with van der Waals surface area (Å²) in [5, 5.41) is 4.71. The van der Waals surface area contributed by atoms with Gasteiger partial charge in [0.1, 0.15) is 5.69 Å². The maximum atomic E-state index is 13.2. The molecule has 1 fully saturated rings. The van der Waals surface area contributed by atoms with E-state index in [-0.39, 0.29) is 11.8 Å². The Balaban J connectivity index is 1.56. The normalized spacial score (nSPS) is 20.8. The fourth-order valence-corrected chi connectivity index (χ4v) is 5.93. The van der Waals surface area contributed by atoms with Gasteiger partial charge in [0.05, 0.1) is 10.6 Å². The monoisotopic (exact) mass is 430 g/mol. The van der Waals surface area contributed by atoms with E-state index in [0.29, 0.717) is 30.2 Å². The first-order chi connectivity index (χ1) is 14.4. The van der Waals surface area contributed by atoms with Crippen LogP contribution in [0.2, 0.25) is 0 Å². The molecule has 2 aromatic rings. The second-order valence-electron chi connectivity index (χ2n) is 8.12. The van der Waals surface area contributed by atoms with Crippen LogP contribution >= 0.6 is 0 Å². The second kappa shape index (κ2) is 8.51. The highest BCUT2D eigenvalue weighted by Gasteiger charge is 2.33. The summed E-state index contributed by atoms with van der Waals surface area (Å²) < 4.78 is 29.7. The number of carbonyl (C=O) groups excluding carboxylic acids is 1. The van der Waals surface area contributed by atoms with Crippen molar-refractivity contribution in [2.75, 3.05) is 26.2 Å². The molecule has 8 heteroatoms. The predicted molar refractivity (Wildman–Crippen MR) is 115 cm³/mol. The summed E-state index contributed by atoms with van der Waals surface area (Å²) in [5.74, 6) is 0.0239. The van der Waals surface area contributed by atoms with Crippen molar-refractivity contribution >= 4 is 15.9 Å². The first-order valence-electron chi connectivity index (χ1n) is 10.9. The first-order valence-corrected chi connectivity index (χ1v) is 12.3. The van der Waals surface area contributed by atoms with Gasteiger partial charge in [0, 0.05) is 38.6 Å². The molecule has 1 aromatic heterocycles. The summed E-state index contributed by atoms with van der Waals surface area (Å²) in [6.45, 7) is 7.11. The average molecular weight is 431 g/mol. The molecular weight excluding hydrogens is 400 g/mol. The van der Waals surface area contributed by atoms with E-state index in [0.717, 1.165) is 50.0 Å². The van der Waals surface area contributed by atoms with Crippen LogP contribution in [-0.4, -0.2) is 59.5 Å². The summed E-state index contributed by atoms with van der Waals surface area (Å²) >= 11 is 0. The van der Waals surface area contributed by atoms with Crippen LogP contribution in [0, 0.1) is 0 Å². The maximum absolute atomic E-state index is 13.2. The lowest BCUT2D eigenvalue weighted by atomic mass is 9.96. The number of rotatable bonds is 5. The van der Waals surface area contributed by atoms with Crippen molar-refractivity contribution < 1.29 is 13.2 Å². The predicted octanol–water partition coefficient (Wildman–Crippen LogP) is 2.88. The van der Waals surface area contributed by atoms with Crippen molar-refractivity contribution in [2.24, 2.45) is 0 Å². The zero-order valence-electron chi connectivity index (χ0n) is 17.7. The molecule has 1 amide bonds. The van der Waals surface area contributed by atoms with Gasteiger partial charge in [-0.05, 0) is 56.4 Å². The lowest BCUT2D eigenvalue weighted by Crippen LogP contribution is -2.39. The molecule has 2 aliphatic heterocycles. The molecule has 1 atom stereocenters. The summed E-state index contributed by atoms with van der Waals surface area (Å²) in [6, 6.07) is 9.05. The average Bonchev–Trinajstić information content (AvgIpc) is 3.14. The Morgan fingerprint density at radius 2 is 1.83 bits per heavy atom. The van der Waals surface area contributed by atoms with Crippen LogP contribution in [0.25, 0.3) is 0 Å². The van der Waals surface area contributed by atoms with Crippen LogP contribution in [0.15, 0.2) is 35.2 Å². The van der Waals surface area contributed by atoms with Crippen LogP contribution in [0.3, 0.4) is 0 Å². The van der Waals surface area contributed by atoms with E-state index in [1.165, 1.54) is 0 Å². The second-order valence-corrected chi connectivity index (χ2v) is 10.1. The molecule has 4 rings (SSSR count). The van der Waals surface area contributed by atoms with E-state index >= 15 is 0 Å². The van der Waals surface area contributed by atoms with Crippen molar-refractivity contribution in [1.82, 2.24) is 19.0 Å². The van der Waals surface area contributed by atoms with Crippen molar-refractivity contribution in [3.05, 3.63) is 47.3 Å². The number of piperidine rings is 1. The van der Waals surface area contributed by atoms with Gasteiger partial charge in [-0.3, -0.25) is 9.48 Å². The number of aryl methyl sites for hydroxylation is 2. The highest BCUT2D eigenvalue weighted by atomic mass is 32.2. The molecule has 0 aliphatic carbocycles. The van der Waals surface area contributed by atoms with Crippen molar-refractivity contribution in [3.63, 3.8) is 0 Å². The van der Waals surface area contributed by atoms with E-state index in [1.807, 2.05) is 34.7 Å². The third-order valence-electron chi connectivity index (χ3n) is 6.26. The van der Waals surface area contributed by atoms with Crippen LogP contribution < -0.4 is 0 Å². The minimum atomic E-state index is -3.54. The molecule has 0 radical (unpaired) electrons. The van der Waals surface area contributed by atoms with E-state index < -0.39 is 10.0 Å². The number of carbonyl (C=O) groups is 1. The van der Waals surface area contributed by atoms with Crippen LogP contribution in [-0.2, 0) is 23.0 Å². The minimum absolute atomic E-state index is 0.00532. The highest BCUT2D eigenvalue weighted by molar-refractivity contribution is 7.89. The molecule has 0 spiro atoms. The summed E-state index contributed by atoms with van der Waals surface area (Å²) in [6.07, 6.45) is 3.43. The lowest BCUT2D eigenvalue weighted by molar-refractivity contribution is 0.0766. The van der Waals surface area contributed by atoms with E-state index in [4.69, 9.17) is 5.10 Å². The number of benzene rings is 1. The molecule has 2 aliphatic rings. The van der Waals surface area contributed by atoms with E-state index in [9.17, 15) is 13.2 Å². The van der Waals surface area contributed by atoms with Gasteiger partial charge in [-0.2, -0.15) is 9.40 Å². The topological polar surface area (TPSA) is 75.5 Å². The Labute approximate surface area is 178 Å². The largest absolute Gasteiger partial charge is 0.338 e. The number of aromatic nitrogens is 2. The van der Waals surface area contributed by atoms with E-state index in [1.54, 1.807) is 16.4 Å². The molecule has 162 valence electrons. The SMILES string of the molecule is CCc1ccc(S(=O)(=O)N2CCCC(c3cc4n(n3)CCCN(CC)C4=O)C2)cc1. The van der Waals surface area contributed by atoms with Gasteiger partial charge >= 0.3 is 0 Å². The van der Waals surface area contributed by atoms with Gasteiger partial charge in [-0.1, -0.05) is 19.1 Å². The molecule has 7 nitrogen and oxygen atoms in total. The van der Waals surface area contributed by atoms with Crippen molar-refractivity contribution in [3.8, 4) is 0 Å². The molecule has 1 aromatic carbocycles. The van der Waals surface area contributed by atoms with Gasteiger partial charge in [0.15, 0.2) is 0 Å². The maximum Gasteiger partial charge on any atom is 0.272 e. The van der Waals surface area contributed by atoms with Gasteiger partial charge in [0.25, 0.3) is 5.91 Å². The number of fused-ring (bicyclic) bond motifs is 1. The zero-order chi connectivity index (χ0) is 21.3. The Morgan fingerprint density at radius 3 is 2.53 bits per heavy atom. The van der Waals surface area contributed by atoms with Gasteiger partial charge in [-0.25, -0.2) is 8.42 Å². The number of sulfonamides is 1. The number of amides is 1. The van der Waals surface area contributed by atoms with Gasteiger partial charge in [-0.15, -0.1) is 0 Å². The first kappa shape index (κ1) is 21.1. The standard InChI is InChI=1S/C22H30N4O3S/c1-3-17-8-10-19(11-9-17)30(28,29)25-13-5-7-18(16-25)20-15-21-22(27)24(4-2)12-6-14-26(21)23-20/h8-11,15,18H,3-7,12-14,16H2,1-2H3. The lowest BCUT2D eigenvalue weighted by Gasteiger charge is -2.31. The molecular formula is C22H30N4O3S. The van der Waals surface area contributed by atoms with Crippen LogP contribution in [0.4, 0.5) is 0 Å². The van der Waals surface area contributed by atoms with Crippen LogP contribution in [0.1, 0.15) is 60.8 Å². The number of hydrogen-bond donors (Lipinski definition) is 0. The number of hydrogen-bond acceptors (Lipinski definition) is 4. The quantitative estimate of drug-likeness (QED) is 0.731. The number of nitrogens with zero attached hydrogens (tertiary/aromatic N) is 4. The third-order valence-corrected chi connectivity index (χ3v) is 8.14. The fourth-order valence-electron chi connectivity index (χ4n) is 4.40. The van der Waals surface area contributed by atoms with Gasteiger partial charge < -0.3 is 4.90 Å². The highest BCUT2D eigenvalue weighted by Crippen LogP contribution is 2.31. The van der Waals surface area contributed by atoms with Crippen molar-refractivity contribution in [2.45, 2.75) is 56.9 Å².